The van der Waals surface area contributed by atoms with Gasteiger partial charge in [0.25, 0.3) is 0 Å². The van der Waals surface area contributed by atoms with E-state index in [0.717, 1.165) is 78.4 Å². The Bertz CT molecular complexity index is 2290. The quantitative estimate of drug-likeness (QED) is 0.179. The first-order valence-electron chi connectivity index (χ1n) is 15.9. The highest BCUT2D eigenvalue weighted by molar-refractivity contribution is 6.00. The van der Waals surface area contributed by atoms with Gasteiger partial charge in [-0.1, -0.05) is 121 Å². The molecule has 225 valence electrons. The van der Waals surface area contributed by atoms with E-state index in [4.69, 9.17) is 9.97 Å². The Kier molecular flexibility index (Phi) is 7.87. The van der Waals surface area contributed by atoms with Crippen LogP contribution >= 0.6 is 0 Å². The van der Waals surface area contributed by atoms with Crippen LogP contribution in [0.25, 0.3) is 78.4 Å². The minimum absolute atomic E-state index is 0.858. The molecule has 48 heavy (non-hydrogen) atoms. The summed E-state index contributed by atoms with van der Waals surface area (Å²) < 4.78 is 0. The van der Waals surface area contributed by atoms with Crippen LogP contribution in [0, 0.1) is 6.20 Å². The summed E-state index contributed by atoms with van der Waals surface area (Å²) in [6, 6.07) is 53.9. The number of rotatable bonds is 7. The number of nitrogens with zero attached hydrogens (tertiary/aromatic N) is 4. The average molecular weight is 614 g/mol. The maximum Gasteiger partial charge on any atom is 0.0986 e. The highest BCUT2D eigenvalue weighted by Gasteiger charge is 2.22. The predicted molar refractivity (Wildman–Crippen MR) is 195 cm³/mol. The van der Waals surface area contributed by atoms with Crippen molar-refractivity contribution in [2.24, 2.45) is 0 Å². The molecule has 0 bridgehead atoms. The zero-order valence-corrected chi connectivity index (χ0v) is 26.0. The molecule has 0 spiro atoms. The van der Waals surface area contributed by atoms with Gasteiger partial charge in [-0.2, -0.15) is 0 Å². The van der Waals surface area contributed by atoms with E-state index in [1.165, 1.54) is 0 Å². The lowest BCUT2D eigenvalue weighted by Crippen LogP contribution is -1.98. The Hall–Kier alpha value is -6.52. The third-order valence-corrected chi connectivity index (χ3v) is 8.43. The standard InChI is InChI=1S/C44H29N4/c1-3-12-31(13-4-1)41-25-24-37(29-47-41)38-30-48-44(34-14-5-2-6-15-34)43(33-22-20-32(21-23-33)39-18-7-9-26-45-39)42(38)36-17-11-16-35(28-36)40-19-8-10-27-46-40/h1-29H. The van der Waals surface area contributed by atoms with Gasteiger partial charge in [-0.3, -0.25) is 15.0 Å². The molecule has 0 aliphatic rings. The van der Waals surface area contributed by atoms with Crippen LogP contribution in [0.2, 0.25) is 0 Å². The third-order valence-electron chi connectivity index (χ3n) is 8.43. The largest absolute Gasteiger partial charge is 0.256 e. The van der Waals surface area contributed by atoms with Crippen LogP contribution in [0.1, 0.15) is 0 Å². The van der Waals surface area contributed by atoms with Gasteiger partial charge in [-0.15, -0.1) is 0 Å². The summed E-state index contributed by atoms with van der Waals surface area (Å²) in [5.41, 5.74) is 13.7. The SMILES string of the molecule is [c]1nc(-c2ccccc2)c(-c2ccc(-c3ccccn3)cc2)c(-c2cccc(-c3ccccn3)c2)c1-c1ccc(-c2ccccc2)nc1. The van der Waals surface area contributed by atoms with Gasteiger partial charge in [0.15, 0.2) is 0 Å². The van der Waals surface area contributed by atoms with Gasteiger partial charge in [0.1, 0.15) is 0 Å². The monoisotopic (exact) mass is 613 g/mol. The van der Waals surface area contributed by atoms with E-state index < -0.39 is 0 Å². The van der Waals surface area contributed by atoms with Crippen molar-refractivity contribution in [1.82, 2.24) is 19.9 Å². The molecule has 4 heterocycles. The Morgan fingerprint density at radius 3 is 1.54 bits per heavy atom. The van der Waals surface area contributed by atoms with Gasteiger partial charge in [0, 0.05) is 63.1 Å². The second kappa shape index (κ2) is 13.1. The van der Waals surface area contributed by atoms with Gasteiger partial charge in [-0.05, 0) is 47.5 Å². The van der Waals surface area contributed by atoms with Crippen LogP contribution in [-0.4, -0.2) is 19.9 Å². The van der Waals surface area contributed by atoms with Gasteiger partial charge in [0.05, 0.1) is 29.0 Å². The summed E-state index contributed by atoms with van der Waals surface area (Å²) >= 11 is 0. The van der Waals surface area contributed by atoms with Crippen LogP contribution in [0.15, 0.2) is 176 Å². The molecular weight excluding hydrogens is 585 g/mol. The molecule has 1 radical (unpaired) electrons. The van der Waals surface area contributed by atoms with Crippen LogP contribution < -0.4 is 0 Å². The van der Waals surface area contributed by atoms with Crippen molar-refractivity contribution in [3.05, 3.63) is 183 Å². The minimum Gasteiger partial charge on any atom is -0.256 e. The lowest BCUT2D eigenvalue weighted by Gasteiger charge is -2.20. The first kappa shape index (κ1) is 28.9. The van der Waals surface area contributed by atoms with Crippen molar-refractivity contribution < 1.29 is 0 Å². The van der Waals surface area contributed by atoms with Crippen LogP contribution in [0.3, 0.4) is 0 Å². The molecule has 0 saturated heterocycles. The topological polar surface area (TPSA) is 51.6 Å². The van der Waals surface area contributed by atoms with Crippen molar-refractivity contribution in [3.8, 4) is 78.4 Å². The molecule has 0 fully saturated rings. The molecule has 0 amide bonds. The number of pyridine rings is 4. The van der Waals surface area contributed by atoms with Crippen LogP contribution in [0.4, 0.5) is 0 Å². The first-order valence-corrected chi connectivity index (χ1v) is 15.9. The van der Waals surface area contributed by atoms with Gasteiger partial charge >= 0.3 is 0 Å². The van der Waals surface area contributed by atoms with Crippen molar-refractivity contribution in [3.63, 3.8) is 0 Å². The Labute approximate surface area is 280 Å². The first-order chi connectivity index (χ1) is 23.8. The van der Waals surface area contributed by atoms with Crippen molar-refractivity contribution in [2.45, 2.75) is 0 Å². The molecule has 0 unspecified atom stereocenters. The van der Waals surface area contributed by atoms with E-state index in [1.807, 2.05) is 91.4 Å². The van der Waals surface area contributed by atoms with E-state index in [0.29, 0.717) is 0 Å². The summed E-state index contributed by atoms with van der Waals surface area (Å²) in [5, 5.41) is 0. The normalized spacial score (nSPS) is 10.9. The molecule has 0 saturated carbocycles. The zero-order chi connectivity index (χ0) is 32.1. The van der Waals surface area contributed by atoms with Crippen molar-refractivity contribution in [1.29, 1.82) is 0 Å². The summed E-state index contributed by atoms with van der Waals surface area (Å²) in [6.45, 7) is 0. The molecule has 0 aliphatic heterocycles. The van der Waals surface area contributed by atoms with Crippen molar-refractivity contribution in [2.75, 3.05) is 0 Å². The minimum atomic E-state index is 0.858. The summed E-state index contributed by atoms with van der Waals surface area (Å²) in [4.78, 5) is 19.2. The Morgan fingerprint density at radius 2 is 0.896 bits per heavy atom. The molecule has 4 aromatic carbocycles. The number of hydrogen-bond donors (Lipinski definition) is 0. The van der Waals surface area contributed by atoms with E-state index in [-0.39, 0.29) is 0 Å². The van der Waals surface area contributed by atoms with Crippen LogP contribution in [0.5, 0.6) is 0 Å². The predicted octanol–water partition coefficient (Wildman–Crippen LogP) is 10.7. The van der Waals surface area contributed by atoms with E-state index >= 15 is 0 Å². The molecule has 4 aromatic heterocycles. The molecule has 8 rings (SSSR count). The molecule has 4 heteroatoms. The number of benzene rings is 4. The fourth-order valence-corrected chi connectivity index (χ4v) is 6.08. The summed E-state index contributed by atoms with van der Waals surface area (Å²) in [5.74, 6) is 0. The van der Waals surface area contributed by atoms with Gasteiger partial charge < -0.3 is 0 Å². The summed E-state index contributed by atoms with van der Waals surface area (Å²) in [7, 11) is 0. The van der Waals surface area contributed by atoms with Gasteiger partial charge in [-0.25, -0.2) is 4.98 Å². The zero-order valence-electron chi connectivity index (χ0n) is 26.0. The maximum absolute atomic E-state index is 5.05. The second-order valence-corrected chi connectivity index (χ2v) is 11.4. The summed E-state index contributed by atoms with van der Waals surface area (Å²) in [6.07, 6.45) is 9.05. The third kappa shape index (κ3) is 5.79. The fourth-order valence-electron chi connectivity index (χ4n) is 6.08. The molecule has 8 aromatic rings. The highest BCUT2D eigenvalue weighted by atomic mass is 14.7. The number of hydrogen-bond acceptors (Lipinski definition) is 4. The maximum atomic E-state index is 5.05. The number of aromatic nitrogens is 4. The highest BCUT2D eigenvalue weighted by Crippen LogP contribution is 2.45. The van der Waals surface area contributed by atoms with E-state index in [9.17, 15) is 0 Å². The Balaban J connectivity index is 1.38. The average Bonchev–Trinajstić information content (AvgIpc) is 3.19. The van der Waals surface area contributed by atoms with Crippen molar-refractivity contribution >= 4 is 0 Å². The molecular formula is C44H29N4. The molecule has 0 N–H and O–H groups in total. The second-order valence-electron chi connectivity index (χ2n) is 11.4. The smallest absolute Gasteiger partial charge is 0.0986 e. The van der Waals surface area contributed by atoms with E-state index in [2.05, 4.69) is 101 Å². The lowest BCUT2D eigenvalue weighted by atomic mass is 9.85. The van der Waals surface area contributed by atoms with Crippen LogP contribution in [-0.2, 0) is 0 Å². The molecule has 4 nitrogen and oxygen atoms in total. The molecule has 0 aliphatic carbocycles. The van der Waals surface area contributed by atoms with E-state index in [1.54, 1.807) is 0 Å². The molecule has 0 atom stereocenters. The fraction of sp³-hybridized carbons (Fsp3) is 0. The van der Waals surface area contributed by atoms with Gasteiger partial charge in [0.2, 0.25) is 0 Å². The Morgan fingerprint density at radius 1 is 0.354 bits per heavy atom. The lowest BCUT2D eigenvalue weighted by molar-refractivity contribution is 1.28.